The molecule has 2 heteroatoms. The molecule has 146 valence electrons. The van der Waals surface area contributed by atoms with Crippen LogP contribution in [0.2, 0.25) is 0 Å². The SMILES string of the molecule is CCCCCCCCOc1ccc(-c2ccc(-c3ccc(Br)cc3)cc2)cc1. The van der Waals surface area contributed by atoms with E-state index in [0.29, 0.717) is 0 Å². The molecule has 0 aliphatic carbocycles. The van der Waals surface area contributed by atoms with Gasteiger partial charge in [-0.25, -0.2) is 0 Å². The lowest BCUT2D eigenvalue weighted by Gasteiger charge is -2.08. The molecule has 0 aliphatic rings. The third-order valence-electron chi connectivity index (χ3n) is 5.02. The maximum atomic E-state index is 5.89. The molecule has 0 unspecified atom stereocenters. The van der Waals surface area contributed by atoms with Crippen LogP contribution >= 0.6 is 15.9 Å². The molecule has 0 saturated carbocycles. The smallest absolute Gasteiger partial charge is 0.119 e. The number of rotatable bonds is 10. The Balaban J connectivity index is 1.51. The van der Waals surface area contributed by atoms with E-state index in [9.17, 15) is 0 Å². The van der Waals surface area contributed by atoms with E-state index >= 15 is 0 Å². The van der Waals surface area contributed by atoms with Crippen LogP contribution in [0.1, 0.15) is 45.4 Å². The van der Waals surface area contributed by atoms with Crippen LogP contribution in [0.5, 0.6) is 5.75 Å². The molecule has 1 nitrogen and oxygen atoms in total. The van der Waals surface area contributed by atoms with Crippen LogP contribution < -0.4 is 4.74 Å². The Kier molecular flexibility index (Phi) is 8.17. The molecule has 0 radical (unpaired) electrons. The predicted molar refractivity (Wildman–Crippen MR) is 124 cm³/mol. The first-order chi connectivity index (χ1) is 13.8. The van der Waals surface area contributed by atoms with Gasteiger partial charge in [-0.05, 0) is 52.9 Å². The van der Waals surface area contributed by atoms with Gasteiger partial charge in [0.25, 0.3) is 0 Å². The maximum absolute atomic E-state index is 5.89. The van der Waals surface area contributed by atoms with Crippen molar-refractivity contribution in [1.82, 2.24) is 0 Å². The second kappa shape index (κ2) is 11.1. The third kappa shape index (κ3) is 6.24. The minimum absolute atomic E-state index is 0.813. The Labute approximate surface area is 177 Å². The summed E-state index contributed by atoms with van der Waals surface area (Å²) in [6.45, 7) is 3.07. The highest BCUT2D eigenvalue weighted by Crippen LogP contribution is 2.27. The zero-order chi connectivity index (χ0) is 19.6. The Hall–Kier alpha value is -2.06. The number of hydrogen-bond donors (Lipinski definition) is 0. The zero-order valence-electron chi connectivity index (χ0n) is 16.7. The van der Waals surface area contributed by atoms with Crippen molar-refractivity contribution in [2.24, 2.45) is 0 Å². The highest BCUT2D eigenvalue weighted by Gasteiger charge is 2.02. The first-order valence-electron chi connectivity index (χ1n) is 10.4. The Morgan fingerprint density at radius 3 is 1.54 bits per heavy atom. The van der Waals surface area contributed by atoms with Crippen molar-refractivity contribution in [1.29, 1.82) is 0 Å². The molecule has 0 spiro atoms. The maximum Gasteiger partial charge on any atom is 0.119 e. The van der Waals surface area contributed by atoms with Gasteiger partial charge in [-0.15, -0.1) is 0 Å². The van der Waals surface area contributed by atoms with Gasteiger partial charge in [-0.3, -0.25) is 0 Å². The molecule has 28 heavy (non-hydrogen) atoms. The Morgan fingerprint density at radius 1 is 0.571 bits per heavy atom. The van der Waals surface area contributed by atoms with E-state index in [1.165, 1.54) is 54.4 Å². The molecule has 0 bridgehead atoms. The zero-order valence-corrected chi connectivity index (χ0v) is 18.3. The van der Waals surface area contributed by atoms with E-state index in [2.05, 4.69) is 95.7 Å². The summed E-state index contributed by atoms with van der Waals surface area (Å²) in [7, 11) is 0. The van der Waals surface area contributed by atoms with Crippen molar-refractivity contribution in [3.8, 4) is 28.0 Å². The predicted octanol–water partition coefficient (Wildman–Crippen LogP) is 8.52. The lowest BCUT2D eigenvalue weighted by molar-refractivity contribution is 0.304. The lowest BCUT2D eigenvalue weighted by Crippen LogP contribution is -1.97. The van der Waals surface area contributed by atoms with Gasteiger partial charge >= 0.3 is 0 Å². The fraction of sp³-hybridized carbons (Fsp3) is 0.308. The molecule has 0 heterocycles. The third-order valence-corrected chi connectivity index (χ3v) is 5.55. The van der Waals surface area contributed by atoms with Gasteiger partial charge in [-0.1, -0.05) is 103 Å². The van der Waals surface area contributed by atoms with Crippen LogP contribution in [-0.2, 0) is 0 Å². The first-order valence-corrected chi connectivity index (χ1v) is 11.1. The van der Waals surface area contributed by atoms with E-state index in [1.807, 2.05) is 0 Å². The van der Waals surface area contributed by atoms with E-state index in [0.717, 1.165) is 23.2 Å². The average molecular weight is 437 g/mol. The summed E-state index contributed by atoms with van der Waals surface area (Å²) in [6.07, 6.45) is 7.74. The van der Waals surface area contributed by atoms with Crippen molar-refractivity contribution in [2.45, 2.75) is 45.4 Å². The summed E-state index contributed by atoms with van der Waals surface area (Å²) < 4.78 is 6.99. The number of halogens is 1. The highest BCUT2D eigenvalue weighted by molar-refractivity contribution is 9.10. The monoisotopic (exact) mass is 436 g/mol. The number of benzene rings is 3. The minimum atomic E-state index is 0.813. The topological polar surface area (TPSA) is 9.23 Å². The fourth-order valence-electron chi connectivity index (χ4n) is 3.31. The van der Waals surface area contributed by atoms with Crippen LogP contribution in [0.15, 0.2) is 77.3 Å². The molecule has 0 saturated heterocycles. The number of unbranched alkanes of at least 4 members (excludes halogenated alkanes) is 5. The van der Waals surface area contributed by atoms with Crippen LogP contribution in [0.4, 0.5) is 0 Å². The Bertz CT molecular complexity index is 820. The summed E-state index contributed by atoms with van der Waals surface area (Å²) in [6, 6.07) is 25.6. The molecule has 3 aromatic carbocycles. The van der Waals surface area contributed by atoms with Crippen molar-refractivity contribution >= 4 is 15.9 Å². The first kappa shape index (κ1) is 20.7. The second-order valence-electron chi connectivity index (χ2n) is 7.22. The van der Waals surface area contributed by atoms with Gasteiger partial charge in [0.1, 0.15) is 5.75 Å². The van der Waals surface area contributed by atoms with Gasteiger partial charge in [0.15, 0.2) is 0 Å². The summed E-state index contributed by atoms with van der Waals surface area (Å²) in [4.78, 5) is 0. The molecule has 3 rings (SSSR count). The van der Waals surface area contributed by atoms with Gasteiger partial charge in [0.2, 0.25) is 0 Å². The van der Waals surface area contributed by atoms with E-state index in [-0.39, 0.29) is 0 Å². The quantitative estimate of drug-likeness (QED) is 0.289. The van der Waals surface area contributed by atoms with Crippen LogP contribution in [-0.4, -0.2) is 6.61 Å². The average Bonchev–Trinajstić information content (AvgIpc) is 2.74. The standard InChI is InChI=1S/C26H29BrO/c1-2-3-4-5-6-7-20-28-26-18-14-24(15-19-26)22-10-8-21(9-11-22)23-12-16-25(27)17-13-23/h8-19H,2-7,20H2,1H3. The number of ether oxygens (including phenoxy) is 1. The summed E-state index contributed by atoms with van der Waals surface area (Å²) in [5.41, 5.74) is 4.90. The van der Waals surface area contributed by atoms with Gasteiger partial charge in [-0.2, -0.15) is 0 Å². The summed E-state index contributed by atoms with van der Waals surface area (Å²) >= 11 is 3.49. The Morgan fingerprint density at radius 2 is 1.00 bits per heavy atom. The molecule has 0 aromatic heterocycles. The van der Waals surface area contributed by atoms with Crippen molar-refractivity contribution in [3.63, 3.8) is 0 Å². The summed E-state index contributed by atoms with van der Waals surface area (Å²) in [5, 5.41) is 0. The normalized spacial score (nSPS) is 10.8. The van der Waals surface area contributed by atoms with E-state index in [4.69, 9.17) is 4.74 Å². The second-order valence-corrected chi connectivity index (χ2v) is 8.14. The number of hydrogen-bond acceptors (Lipinski definition) is 1. The van der Waals surface area contributed by atoms with Gasteiger partial charge in [0, 0.05) is 4.47 Å². The largest absolute Gasteiger partial charge is 0.494 e. The van der Waals surface area contributed by atoms with Crippen molar-refractivity contribution in [2.75, 3.05) is 6.61 Å². The fourth-order valence-corrected chi connectivity index (χ4v) is 3.58. The van der Waals surface area contributed by atoms with E-state index in [1.54, 1.807) is 0 Å². The van der Waals surface area contributed by atoms with Crippen molar-refractivity contribution < 1.29 is 4.74 Å². The molecule has 0 amide bonds. The van der Waals surface area contributed by atoms with E-state index < -0.39 is 0 Å². The van der Waals surface area contributed by atoms with Gasteiger partial charge < -0.3 is 4.74 Å². The molecular weight excluding hydrogens is 408 g/mol. The van der Waals surface area contributed by atoms with Crippen molar-refractivity contribution in [3.05, 3.63) is 77.3 Å². The van der Waals surface area contributed by atoms with Crippen LogP contribution in [0.3, 0.4) is 0 Å². The molecular formula is C26H29BrO. The van der Waals surface area contributed by atoms with Crippen LogP contribution in [0, 0.1) is 0 Å². The molecule has 3 aromatic rings. The lowest BCUT2D eigenvalue weighted by atomic mass is 10.0. The van der Waals surface area contributed by atoms with Crippen LogP contribution in [0.25, 0.3) is 22.3 Å². The molecule has 0 fully saturated rings. The molecule has 0 atom stereocenters. The molecule has 0 N–H and O–H groups in total. The van der Waals surface area contributed by atoms with Gasteiger partial charge in [0.05, 0.1) is 6.61 Å². The molecule has 0 aliphatic heterocycles. The highest BCUT2D eigenvalue weighted by atomic mass is 79.9. The minimum Gasteiger partial charge on any atom is -0.494 e. The summed E-state index contributed by atoms with van der Waals surface area (Å²) in [5.74, 6) is 0.962.